The van der Waals surface area contributed by atoms with Crippen LogP contribution in [0, 0.1) is 11.8 Å². The van der Waals surface area contributed by atoms with E-state index in [9.17, 15) is 14.4 Å². The Kier molecular flexibility index (Phi) is 8.23. The van der Waals surface area contributed by atoms with Crippen LogP contribution in [0.3, 0.4) is 0 Å². The van der Waals surface area contributed by atoms with Crippen LogP contribution in [0.2, 0.25) is 0 Å². The van der Waals surface area contributed by atoms with Crippen LogP contribution in [0.1, 0.15) is 81.3 Å². The van der Waals surface area contributed by atoms with Crippen molar-refractivity contribution in [2.75, 3.05) is 7.05 Å². The van der Waals surface area contributed by atoms with Crippen molar-refractivity contribution in [2.24, 2.45) is 11.8 Å². The summed E-state index contributed by atoms with van der Waals surface area (Å²) in [5.41, 5.74) is 2.07. The molecule has 7 rings (SSSR count). The van der Waals surface area contributed by atoms with Crippen molar-refractivity contribution in [2.45, 2.75) is 113 Å². The molecule has 2 aromatic rings. The molecule has 0 spiro atoms. The van der Waals surface area contributed by atoms with E-state index in [0.717, 1.165) is 43.2 Å². The first-order chi connectivity index (χ1) is 21.4. The predicted octanol–water partition coefficient (Wildman–Crippen LogP) is 4.73. The number of carbonyl (C=O) groups excluding carboxylic acids is 3. The molecule has 4 heterocycles. The number of benzene rings is 2. The van der Waals surface area contributed by atoms with Gasteiger partial charge in [0.2, 0.25) is 0 Å². The molecule has 4 bridgehead atoms. The normalized spacial score (nSPS) is 37.5. The zero-order valence-electron chi connectivity index (χ0n) is 25.7. The summed E-state index contributed by atoms with van der Waals surface area (Å²) in [5, 5.41) is 3.54. The zero-order chi connectivity index (χ0) is 30.4. The summed E-state index contributed by atoms with van der Waals surface area (Å²) in [4.78, 5) is 42.8. The lowest BCUT2D eigenvalue weighted by Gasteiger charge is -2.50. The number of hydrogen-bond donors (Lipinski definition) is 1. The van der Waals surface area contributed by atoms with Gasteiger partial charge in [0.15, 0.2) is 0 Å². The Hall–Kier alpha value is -3.23. The van der Waals surface area contributed by atoms with Crippen molar-refractivity contribution in [3.05, 3.63) is 71.8 Å². The molecule has 1 saturated carbocycles. The highest BCUT2D eigenvalue weighted by atomic mass is 16.6. The highest BCUT2D eigenvalue weighted by Gasteiger charge is 2.60. The maximum Gasteiger partial charge on any atom is 0.310 e. The number of piperidine rings is 2. The highest BCUT2D eigenvalue weighted by Crippen LogP contribution is 2.59. The first kappa shape index (κ1) is 29.5. The minimum absolute atomic E-state index is 0.0361. The number of fused-ring (bicyclic) bond motifs is 4. The van der Waals surface area contributed by atoms with Crippen LogP contribution in [0.5, 0.6) is 0 Å². The Morgan fingerprint density at radius 3 is 1.77 bits per heavy atom. The molecule has 4 aliphatic heterocycles. The largest absolute Gasteiger partial charge is 0.462 e. The summed E-state index contributed by atoms with van der Waals surface area (Å²) in [7, 11) is 2.18. The minimum Gasteiger partial charge on any atom is -0.462 e. The monoisotopic (exact) mass is 600 g/mol. The molecule has 11 atom stereocenters. The van der Waals surface area contributed by atoms with Crippen LogP contribution in [0.25, 0.3) is 0 Å². The summed E-state index contributed by atoms with van der Waals surface area (Å²) in [6.45, 7) is 1.80. The van der Waals surface area contributed by atoms with Gasteiger partial charge in [0.1, 0.15) is 18.3 Å². The fourth-order valence-electron chi connectivity index (χ4n) is 8.94. The molecule has 1 aliphatic carbocycles. The summed E-state index contributed by atoms with van der Waals surface area (Å²) >= 11 is 0. The van der Waals surface area contributed by atoms with Gasteiger partial charge >= 0.3 is 17.9 Å². The van der Waals surface area contributed by atoms with Gasteiger partial charge in [-0.2, -0.15) is 0 Å². The van der Waals surface area contributed by atoms with Gasteiger partial charge in [-0.05, 0) is 50.3 Å². The van der Waals surface area contributed by atoms with Gasteiger partial charge in [-0.25, -0.2) is 0 Å². The second kappa shape index (κ2) is 12.3. The van der Waals surface area contributed by atoms with Crippen molar-refractivity contribution in [1.82, 2.24) is 10.2 Å². The fraction of sp³-hybridized carbons (Fsp3) is 0.583. The van der Waals surface area contributed by atoms with Gasteiger partial charge in [-0.15, -0.1) is 0 Å². The molecule has 8 nitrogen and oxygen atoms in total. The summed E-state index contributed by atoms with van der Waals surface area (Å²) < 4.78 is 18.3. The van der Waals surface area contributed by atoms with Crippen molar-refractivity contribution in [3.63, 3.8) is 0 Å². The topological polar surface area (TPSA) is 94.2 Å². The summed E-state index contributed by atoms with van der Waals surface area (Å²) in [5.74, 6) is -2.46. The van der Waals surface area contributed by atoms with Gasteiger partial charge in [-0.1, -0.05) is 67.6 Å². The maximum atomic E-state index is 14.2. The average molecular weight is 601 g/mol. The smallest absolute Gasteiger partial charge is 0.310 e. The van der Waals surface area contributed by atoms with Gasteiger partial charge in [0.25, 0.3) is 0 Å². The third-order valence-corrected chi connectivity index (χ3v) is 11.1. The van der Waals surface area contributed by atoms with E-state index in [1.807, 2.05) is 36.4 Å². The van der Waals surface area contributed by atoms with Gasteiger partial charge in [-0.3, -0.25) is 14.4 Å². The van der Waals surface area contributed by atoms with Crippen molar-refractivity contribution < 1.29 is 28.6 Å². The first-order valence-electron chi connectivity index (χ1n) is 16.6. The molecule has 0 radical (unpaired) electrons. The number of nitrogens with zero attached hydrogens (tertiary/aromatic N) is 1. The quantitative estimate of drug-likeness (QED) is 0.344. The van der Waals surface area contributed by atoms with Crippen LogP contribution in [-0.2, 0) is 28.6 Å². The van der Waals surface area contributed by atoms with Crippen LogP contribution in [0.15, 0.2) is 60.7 Å². The van der Waals surface area contributed by atoms with E-state index in [0.29, 0.717) is 31.3 Å². The van der Waals surface area contributed by atoms with Gasteiger partial charge in [0, 0.05) is 55.3 Å². The molecule has 8 heteroatoms. The molecule has 4 saturated heterocycles. The zero-order valence-corrected chi connectivity index (χ0v) is 25.7. The molecule has 5 unspecified atom stereocenters. The standard InChI is InChI=1S/C36H44N2O6/c1-3-30(39)44-29-17-23-16-26(20-28(29)37-23)42-35(40)33-31(21-10-6-4-7-11-21)32(22-12-8-5-9-13-22)34(33)36(41)43-27-18-24-14-15-25(19-27)38(24)2/h4-13,23-29,31-34,37H,3,14-20H2,1-2H3/t23-,24-,25+,26-,27?,28+,29-,31?,32?,33?,34?/m1/s1. The lowest BCUT2D eigenvalue weighted by Crippen LogP contribution is -2.54. The molecule has 44 heavy (non-hydrogen) atoms. The number of rotatable bonds is 8. The van der Waals surface area contributed by atoms with Gasteiger partial charge in [0.05, 0.1) is 11.8 Å². The van der Waals surface area contributed by atoms with E-state index >= 15 is 0 Å². The van der Waals surface area contributed by atoms with Crippen LogP contribution < -0.4 is 5.32 Å². The second-order valence-electron chi connectivity index (χ2n) is 13.6. The molecule has 0 amide bonds. The number of carbonyl (C=O) groups is 3. The molecular formula is C36H44N2O6. The molecule has 0 aromatic heterocycles. The SMILES string of the molecule is CCC(=O)O[C@@H]1C[C@H]2C[C@@H](OC(=O)C3C(C(=O)OC4C[C@H]5CC[C@@H](C4)N5C)C(c4ccccc4)C3c3ccccc3)C[C@@H]1N2. The molecule has 234 valence electrons. The Morgan fingerprint density at radius 1 is 0.727 bits per heavy atom. The van der Waals surface area contributed by atoms with Crippen LogP contribution in [0.4, 0.5) is 0 Å². The first-order valence-corrected chi connectivity index (χ1v) is 16.6. The molecular weight excluding hydrogens is 556 g/mol. The third-order valence-electron chi connectivity index (χ3n) is 11.1. The van der Waals surface area contributed by atoms with Crippen molar-refractivity contribution in [3.8, 4) is 0 Å². The molecule has 5 aliphatic rings. The highest BCUT2D eigenvalue weighted by molar-refractivity contribution is 5.87. The van der Waals surface area contributed by atoms with E-state index in [2.05, 4.69) is 41.5 Å². The second-order valence-corrected chi connectivity index (χ2v) is 13.6. The average Bonchev–Trinajstić information content (AvgIpc) is 3.38. The molecule has 2 aromatic carbocycles. The molecule has 5 fully saturated rings. The van der Waals surface area contributed by atoms with Crippen LogP contribution >= 0.6 is 0 Å². The number of ether oxygens (including phenoxy) is 3. The van der Waals surface area contributed by atoms with E-state index in [1.165, 1.54) is 0 Å². The Morgan fingerprint density at radius 2 is 1.25 bits per heavy atom. The van der Waals surface area contributed by atoms with Crippen molar-refractivity contribution >= 4 is 17.9 Å². The third kappa shape index (κ3) is 5.56. The predicted molar refractivity (Wildman–Crippen MR) is 164 cm³/mol. The summed E-state index contributed by atoms with van der Waals surface area (Å²) in [6, 6.07) is 21.1. The van der Waals surface area contributed by atoms with E-state index in [1.54, 1.807) is 6.92 Å². The minimum atomic E-state index is -0.639. The number of nitrogens with one attached hydrogen (secondary N) is 1. The van der Waals surface area contributed by atoms with E-state index in [4.69, 9.17) is 14.2 Å². The molecule has 1 N–H and O–H groups in total. The number of hydrogen-bond acceptors (Lipinski definition) is 8. The Labute approximate surface area is 259 Å². The van der Waals surface area contributed by atoms with Crippen LogP contribution in [-0.4, -0.2) is 72.3 Å². The fourth-order valence-corrected chi connectivity index (χ4v) is 8.94. The lowest BCUT2D eigenvalue weighted by atomic mass is 9.52. The lowest BCUT2D eigenvalue weighted by molar-refractivity contribution is -0.180. The number of esters is 3. The Balaban J connectivity index is 1.13. The van der Waals surface area contributed by atoms with Crippen molar-refractivity contribution in [1.29, 1.82) is 0 Å². The maximum absolute atomic E-state index is 14.2. The van der Waals surface area contributed by atoms with E-state index < -0.39 is 11.8 Å². The van der Waals surface area contributed by atoms with E-state index in [-0.39, 0.29) is 60.1 Å². The summed E-state index contributed by atoms with van der Waals surface area (Å²) in [6.07, 6.45) is 5.69. The van der Waals surface area contributed by atoms with Gasteiger partial charge < -0.3 is 24.4 Å². The Bertz CT molecular complexity index is 1340.